The van der Waals surface area contributed by atoms with Gasteiger partial charge in [-0.2, -0.15) is 0 Å². The molecule has 0 saturated carbocycles. The molecule has 2 unspecified atom stereocenters. The van der Waals surface area contributed by atoms with E-state index in [4.69, 9.17) is 17.3 Å². The van der Waals surface area contributed by atoms with Crippen molar-refractivity contribution in [2.75, 3.05) is 21.1 Å². The van der Waals surface area contributed by atoms with E-state index in [9.17, 15) is 9.90 Å². The molecule has 0 saturated heterocycles. The number of likely N-dealkylation sites (N-methyl/N-ethyl adjacent to an activating group) is 1. The quantitative estimate of drug-likeness (QED) is 0.507. The fourth-order valence-corrected chi connectivity index (χ4v) is 1.64. The molecular formula is C9H14N3O3S+. The first kappa shape index (κ1) is 12.9. The van der Waals surface area contributed by atoms with E-state index < -0.39 is 18.1 Å². The summed E-state index contributed by atoms with van der Waals surface area (Å²) in [6.45, 7) is 0. The molecule has 1 aliphatic heterocycles. The lowest BCUT2D eigenvalue weighted by Crippen LogP contribution is -2.58. The molecule has 0 amide bonds. The summed E-state index contributed by atoms with van der Waals surface area (Å²) in [6.07, 6.45) is 0.0835. The molecule has 7 heteroatoms. The van der Waals surface area contributed by atoms with Crippen LogP contribution in [0.15, 0.2) is 9.98 Å². The number of aliphatic hydroxyl groups is 1. The van der Waals surface area contributed by atoms with Crippen LogP contribution < -0.4 is 0 Å². The highest BCUT2D eigenvalue weighted by Gasteiger charge is 2.41. The summed E-state index contributed by atoms with van der Waals surface area (Å²) in [5.41, 5.74) is 0.199. The molecule has 0 spiro atoms. The second-order valence-corrected chi connectivity index (χ2v) is 4.79. The van der Waals surface area contributed by atoms with Gasteiger partial charge in [0.15, 0.2) is 6.10 Å². The van der Waals surface area contributed by atoms with Crippen LogP contribution in [0.25, 0.3) is 0 Å². The van der Waals surface area contributed by atoms with Crippen LogP contribution in [0.4, 0.5) is 0 Å². The normalized spacial score (nSPS) is 19.5. The lowest BCUT2D eigenvalue weighted by atomic mass is 10.0. The van der Waals surface area contributed by atoms with Gasteiger partial charge in [0, 0.05) is 0 Å². The number of rotatable bonds is 4. The Balaban J connectivity index is 2.98. The van der Waals surface area contributed by atoms with Gasteiger partial charge in [-0.3, -0.25) is 0 Å². The van der Waals surface area contributed by atoms with Crippen molar-refractivity contribution in [3.63, 3.8) is 0 Å². The van der Waals surface area contributed by atoms with Gasteiger partial charge in [0.2, 0.25) is 11.2 Å². The maximum atomic E-state index is 11.1. The van der Waals surface area contributed by atoms with Gasteiger partial charge < -0.3 is 14.7 Å². The summed E-state index contributed by atoms with van der Waals surface area (Å²) >= 11 is 4.71. The fraction of sp³-hybridized carbons (Fsp3) is 0.556. The molecule has 2 N–H and O–H groups in total. The smallest absolute Gasteiger partial charge is 0.365 e. The van der Waals surface area contributed by atoms with E-state index in [-0.39, 0.29) is 15.3 Å². The third-order valence-electron chi connectivity index (χ3n) is 2.22. The standard InChI is InChI=1S/C9H13N3O3S/c1-12(2,3)6(8(14)15)7(13)5-4-10-9(16)11-5/h4,6-7,13H,1-3H3/p+1. The van der Waals surface area contributed by atoms with E-state index >= 15 is 0 Å². The SMILES string of the molecule is C[N+](C)(C)C(C(=O)O)C(O)C1=NC(=S)N=C1. The van der Waals surface area contributed by atoms with Gasteiger partial charge in [-0.05, 0) is 12.2 Å². The highest BCUT2D eigenvalue weighted by molar-refractivity contribution is 7.80. The zero-order chi connectivity index (χ0) is 12.5. The van der Waals surface area contributed by atoms with Gasteiger partial charge in [0.05, 0.1) is 33.1 Å². The molecule has 0 aromatic heterocycles. The van der Waals surface area contributed by atoms with E-state index in [1.165, 1.54) is 6.21 Å². The Morgan fingerprint density at radius 2 is 2.06 bits per heavy atom. The molecule has 6 nitrogen and oxygen atoms in total. The van der Waals surface area contributed by atoms with Crippen LogP contribution in [-0.2, 0) is 4.79 Å². The van der Waals surface area contributed by atoms with Crippen molar-refractivity contribution < 1.29 is 19.5 Å². The number of hydrogen-bond donors (Lipinski definition) is 2. The number of quaternary nitrogens is 1. The van der Waals surface area contributed by atoms with Crippen LogP contribution in [0.5, 0.6) is 0 Å². The first-order valence-corrected chi connectivity index (χ1v) is 5.03. The second-order valence-electron chi connectivity index (χ2n) is 4.42. The average molecular weight is 244 g/mol. The number of aliphatic carboxylic acids is 1. The number of carboxylic acid groups (broad SMARTS) is 1. The van der Waals surface area contributed by atoms with Gasteiger partial charge >= 0.3 is 5.97 Å². The maximum Gasteiger partial charge on any atom is 0.365 e. The number of aliphatic hydroxyl groups excluding tert-OH is 1. The summed E-state index contributed by atoms with van der Waals surface area (Å²) in [5, 5.41) is 19.2. The lowest BCUT2D eigenvalue weighted by molar-refractivity contribution is -0.889. The van der Waals surface area contributed by atoms with Gasteiger partial charge in [0.1, 0.15) is 0 Å². The first-order valence-electron chi connectivity index (χ1n) is 4.62. The molecule has 16 heavy (non-hydrogen) atoms. The van der Waals surface area contributed by atoms with Crippen molar-refractivity contribution in [2.24, 2.45) is 9.98 Å². The van der Waals surface area contributed by atoms with Crippen LogP contribution in [0.3, 0.4) is 0 Å². The van der Waals surface area contributed by atoms with Gasteiger partial charge in [-0.25, -0.2) is 14.8 Å². The summed E-state index contributed by atoms with van der Waals surface area (Å²) in [5.74, 6) is -1.09. The Morgan fingerprint density at radius 3 is 2.38 bits per heavy atom. The molecule has 88 valence electrons. The highest BCUT2D eigenvalue weighted by Crippen LogP contribution is 2.12. The van der Waals surface area contributed by atoms with E-state index in [1.54, 1.807) is 21.1 Å². The molecule has 0 radical (unpaired) electrons. The van der Waals surface area contributed by atoms with Gasteiger partial charge in [-0.1, -0.05) is 0 Å². The van der Waals surface area contributed by atoms with Crippen molar-refractivity contribution in [2.45, 2.75) is 12.1 Å². The average Bonchev–Trinajstić information content (AvgIpc) is 2.48. The van der Waals surface area contributed by atoms with Crippen molar-refractivity contribution in [1.82, 2.24) is 0 Å². The number of carboxylic acids is 1. The predicted molar refractivity (Wildman–Crippen MR) is 64.0 cm³/mol. The zero-order valence-electron chi connectivity index (χ0n) is 9.28. The lowest BCUT2D eigenvalue weighted by Gasteiger charge is -2.33. The van der Waals surface area contributed by atoms with E-state index in [0.717, 1.165) is 0 Å². The first-order chi connectivity index (χ1) is 7.23. The molecule has 1 aliphatic rings. The molecule has 1 rings (SSSR count). The van der Waals surface area contributed by atoms with E-state index in [0.29, 0.717) is 0 Å². The topological polar surface area (TPSA) is 82.2 Å². The number of nitrogens with zero attached hydrogens (tertiary/aromatic N) is 3. The number of thiocarbonyl (C=S) groups is 1. The van der Waals surface area contributed by atoms with Gasteiger partial charge in [-0.15, -0.1) is 0 Å². The molecule has 0 aromatic carbocycles. The minimum Gasteiger partial charge on any atom is -0.477 e. The van der Waals surface area contributed by atoms with Crippen LogP contribution in [0.2, 0.25) is 0 Å². The zero-order valence-corrected chi connectivity index (χ0v) is 10.1. The summed E-state index contributed by atoms with van der Waals surface area (Å²) in [6, 6.07) is -1.01. The largest absolute Gasteiger partial charge is 0.477 e. The fourth-order valence-electron chi connectivity index (χ4n) is 1.48. The Kier molecular flexibility index (Phi) is 3.51. The van der Waals surface area contributed by atoms with E-state index in [2.05, 4.69) is 9.98 Å². The minimum atomic E-state index is -1.22. The number of aliphatic imine (C=N–C) groups is 2. The van der Waals surface area contributed by atoms with Crippen LogP contribution in [-0.4, -0.2) is 71.0 Å². The molecule has 0 aromatic rings. The Bertz CT molecular complexity index is 384. The number of carbonyl (C=O) groups is 1. The van der Waals surface area contributed by atoms with Crippen LogP contribution in [0.1, 0.15) is 0 Å². The number of hydrogen-bond acceptors (Lipinski definition) is 3. The third-order valence-corrected chi connectivity index (χ3v) is 2.42. The minimum absolute atomic E-state index is 0.0795. The van der Waals surface area contributed by atoms with Crippen molar-refractivity contribution >= 4 is 35.2 Å². The summed E-state index contributed by atoms with van der Waals surface area (Å²) in [7, 11) is 5.06. The third kappa shape index (κ3) is 2.69. The van der Waals surface area contributed by atoms with E-state index in [1.807, 2.05) is 0 Å². The molecule has 0 fully saturated rings. The molecule has 1 heterocycles. The monoisotopic (exact) mass is 244 g/mol. The molecule has 0 bridgehead atoms. The van der Waals surface area contributed by atoms with Crippen molar-refractivity contribution in [1.29, 1.82) is 0 Å². The highest BCUT2D eigenvalue weighted by atomic mass is 32.1. The Hall–Kier alpha value is -1.18. The summed E-state index contributed by atoms with van der Waals surface area (Å²) < 4.78 is 0.0795. The van der Waals surface area contributed by atoms with Gasteiger partial charge in [0.25, 0.3) is 0 Å². The van der Waals surface area contributed by atoms with Crippen LogP contribution in [0, 0.1) is 0 Å². The Morgan fingerprint density at radius 1 is 1.50 bits per heavy atom. The Labute approximate surface area is 98.5 Å². The van der Waals surface area contributed by atoms with Crippen molar-refractivity contribution in [3.8, 4) is 0 Å². The molecule has 2 atom stereocenters. The van der Waals surface area contributed by atoms with Crippen LogP contribution >= 0.6 is 12.2 Å². The second kappa shape index (κ2) is 4.36. The predicted octanol–water partition coefficient (Wildman–Crippen LogP) is -0.683. The molecular weight excluding hydrogens is 230 g/mol. The van der Waals surface area contributed by atoms with Crippen molar-refractivity contribution in [3.05, 3.63) is 0 Å². The maximum absolute atomic E-state index is 11.1. The summed E-state index contributed by atoms with van der Waals surface area (Å²) in [4.78, 5) is 18.6. The molecule has 0 aliphatic carbocycles.